The van der Waals surface area contributed by atoms with E-state index in [0.717, 1.165) is 0 Å². The van der Waals surface area contributed by atoms with E-state index in [4.69, 9.17) is 15.6 Å². The summed E-state index contributed by atoms with van der Waals surface area (Å²) in [6.07, 6.45) is -0.689. The highest BCUT2D eigenvalue weighted by Gasteiger charge is 2.16. The minimum Gasteiger partial charge on any atom is -0.368 e. The lowest BCUT2D eigenvalue weighted by atomic mass is 9.95. The van der Waals surface area contributed by atoms with Crippen LogP contribution in [0.25, 0.3) is 0 Å². The van der Waals surface area contributed by atoms with Crippen molar-refractivity contribution in [3.05, 3.63) is 0 Å². The van der Waals surface area contributed by atoms with Crippen molar-refractivity contribution >= 4 is 0 Å². The fourth-order valence-corrected chi connectivity index (χ4v) is 0.405. The second kappa shape index (κ2) is 3.91. The van der Waals surface area contributed by atoms with Crippen LogP contribution in [0.5, 0.6) is 0 Å². The fourth-order valence-electron chi connectivity index (χ4n) is 0.405. The van der Waals surface area contributed by atoms with Crippen LogP contribution in [-0.2, 0) is 4.74 Å². The van der Waals surface area contributed by atoms with Crippen LogP contribution >= 0.6 is 0 Å². The molecule has 0 amide bonds. The first kappa shape index (κ1) is 9.88. The summed E-state index contributed by atoms with van der Waals surface area (Å²) in [5.74, 6) is 0. The van der Waals surface area contributed by atoms with Gasteiger partial charge in [0, 0.05) is 5.41 Å². The molecule has 0 aromatic heterocycles. The molecule has 0 aliphatic carbocycles. The Bertz CT molecular complexity index is 91.6. The Morgan fingerprint density at radius 1 is 1.60 bits per heavy atom. The van der Waals surface area contributed by atoms with Gasteiger partial charge in [0.15, 0.2) is 6.29 Å². The van der Waals surface area contributed by atoms with Crippen LogP contribution in [0.3, 0.4) is 0 Å². The summed E-state index contributed by atoms with van der Waals surface area (Å²) < 4.78 is 4.97. The van der Waals surface area contributed by atoms with E-state index in [1.165, 1.54) is 0 Å². The molecule has 0 heterocycles. The minimum absolute atomic E-state index is 0.0308. The highest BCUT2D eigenvalue weighted by molar-refractivity contribution is 4.67. The lowest BCUT2D eigenvalue weighted by Crippen LogP contribution is -2.30. The molecule has 3 nitrogen and oxygen atoms in total. The van der Waals surface area contributed by atoms with Gasteiger partial charge in [-0.05, 0) is 13.5 Å². The average molecular weight is 147 g/mol. The summed E-state index contributed by atoms with van der Waals surface area (Å²) >= 11 is 0. The van der Waals surface area contributed by atoms with Crippen LogP contribution in [0.15, 0.2) is 0 Å². The van der Waals surface area contributed by atoms with Crippen LogP contribution in [0.2, 0.25) is 0 Å². The first-order chi connectivity index (χ1) is 4.48. The average Bonchev–Trinajstić information content (AvgIpc) is 1.85. The summed E-state index contributed by atoms with van der Waals surface area (Å²) in [5, 5.41) is 8.75. The predicted octanol–water partition coefficient (Wildman–Crippen LogP) is 0.326. The minimum atomic E-state index is -0.689. The Morgan fingerprint density at radius 3 is 2.40 bits per heavy atom. The third-order valence-electron chi connectivity index (χ3n) is 1.27. The van der Waals surface area contributed by atoms with Crippen molar-refractivity contribution in [3.8, 4) is 0 Å². The molecular weight excluding hydrogens is 130 g/mol. The second-order valence-electron chi connectivity index (χ2n) is 3.28. The zero-order chi connectivity index (χ0) is 8.20. The van der Waals surface area contributed by atoms with E-state index in [1.54, 1.807) is 6.92 Å². The van der Waals surface area contributed by atoms with E-state index < -0.39 is 6.29 Å². The number of aliphatic hydroxyl groups is 1. The maximum Gasteiger partial charge on any atom is 0.151 e. The molecule has 0 spiro atoms. The number of nitrogens with two attached hydrogens (primary N) is 1. The Morgan fingerprint density at radius 2 is 2.10 bits per heavy atom. The van der Waals surface area contributed by atoms with Gasteiger partial charge in [-0.1, -0.05) is 13.8 Å². The summed E-state index contributed by atoms with van der Waals surface area (Å²) in [6, 6.07) is 0. The van der Waals surface area contributed by atoms with Crippen LogP contribution in [0, 0.1) is 5.41 Å². The molecule has 1 atom stereocenters. The number of aliphatic hydroxyl groups excluding tert-OH is 1. The van der Waals surface area contributed by atoms with E-state index in [9.17, 15) is 0 Å². The van der Waals surface area contributed by atoms with Crippen molar-refractivity contribution in [2.75, 3.05) is 13.2 Å². The molecule has 0 radical (unpaired) electrons. The maximum absolute atomic E-state index is 8.75. The Hall–Kier alpha value is -0.120. The smallest absolute Gasteiger partial charge is 0.151 e. The van der Waals surface area contributed by atoms with E-state index in [0.29, 0.717) is 13.2 Å². The standard InChI is InChI=1S/C7H17NO2/c1-6(9)10-5-7(2,3)4-8/h6,9H,4-5,8H2,1-3H3. The van der Waals surface area contributed by atoms with Gasteiger partial charge in [-0.25, -0.2) is 0 Å². The van der Waals surface area contributed by atoms with Gasteiger partial charge in [-0.3, -0.25) is 0 Å². The van der Waals surface area contributed by atoms with Crippen molar-refractivity contribution in [2.24, 2.45) is 11.1 Å². The van der Waals surface area contributed by atoms with Gasteiger partial charge < -0.3 is 15.6 Å². The third-order valence-corrected chi connectivity index (χ3v) is 1.27. The first-order valence-electron chi connectivity index (χ1n) is 3.48. The third kappa shape index (κ3) is 4.73. The van der Waals surface area contributed by atoms with Gasteiger partial charge in [0.2, 0.25) is 0 Å². The van der Waals surface area contributed by atoms with E-state index in [-0.39, 0.29) is 5.41 Å². The normalized spacial score (nSPS) is 15.3. The van der Waals surface area contributed by atoms with Crippen LogP contribution in [-0.4, -0.2) is 24.5 Å². The Kier molecular flexibility index (Phi) is 3.86. The van der Waals surface area contributed by atoms with Gasteiger partial charge in [0.05, 0.1) is 6.61 Å². The highest BCUT2D eigenvalue weighted by atomic mass is 16.6. The molecule has 0 saturated heterocycles. The molecule has 0 fully saturated rings. The predicted molar refractivity (Wildman–Crippen MR) is 40.5 cm³/mol. The molecule has 3 N–H and O–H groups in total. The largest absolute Gasteiger partial charge is 0.368 e. The molecule has 0 aromatic carbocycles. The van der Waals surface area contributed by atoms with Gasteiger partial charge in [0.25, 0.3) is 0 Å². The van der Waals surface area contributed by atoms with Crippen LogP contribution < -0.4 is 5.73 Å². The van der Waals surface area contributed by atoms with Crippen LogP contribution in [0.4, 0.5) is 0 Å². The molecule has 1 unspecified atom stereocenters. The second-order valence-corrected chi connectivity index (χ2v) is 3.28. The van der Waals surface area contributed by atoms with Crippen molar-refractivity contribution in [2.45, 2.75) is 27.1 Å². The van der Waals surface area contributed by atoms with Crippen molar-refractivity contribution in [1.29, 1.82) is 0 Å². The SMILES string of the molecule is CC(O)OCC(C)(C)CN. The molecule has 0 rings (SSSR count). The topological polar surface area (TPSA) is 55.5 Å². The molecular formula is C7H17NO2. The zero-order valence-corrected chi connectivity index (χ0v) is 6.92. The first-order valence-corrected chi connectivity index (χ1v) is 3.48. The quantitative estimate of drug-likeness (QED) is 0.563. The number of hydrogen-bond acceptors (Lipinski definition) is 3. The van der Waals surface area contributed by atoms with Gasteiger partial charge in [-0.15, -0.1) is 0 Å². The van der Waals surface area contributed by atoms with Crippen LogP contribution in [0.1, 0.15) is 20.8 Å². The van der Waals surface area contributed by atoms with Gasteiger partial charge >= 0.3 is 0 Å². The summed E-state index contributed by atoms with van der Waals surface area (Å²) in [4.78, 5) is 0. The maximum atomic E-state index is 8.75. The number of ether oxygens (including phenoxy) is 1. The Labute approximate surface area is 62.2 Å². The van der Waals surface area contributed by atoms with E-state index >= 15 is 0 Å². The number of hydrogen-bond donors (Lipinski definition) is 2. The van der Waals surface area contributed by atoms with Crippen molar-refractivity contribution < 1.29 is 9.84 Å². The van der Waals surface area contributed by atoms with E-state index in [2.05, 4.69) is 0 Å². The monoisotopic (exact) mass is 147 g/mol. The van der Waals surface area contributed by atoms with Crippen molar-refractivity contribution in [1.82, 2.24) is 0 Å². The Balaban J connectivity index is 3.46. The van der Waals surface area contributed by atoms with Crippen molar-refractivity contribution in [3.63, 3.8) is 0 Å². The molecule has 3 heteroatoms. The molecule has 0 bridgehead atoms. The molecule has 0 aromatic rings. The summed E-state index contributed by atoms with van der Waals surface area (Å²) in [5.41, 5.74) is 5.40. The summed E-state index contributed by atoms with van der Waals surface area (Å²) in [6.45, 7) is 6.65. The fraction of sp³-hybridized carbons (Fsp3) is 1.00. The lowest BCUT2D eigenvalue weighted by molar-refractivity contribution is -0.107. The molecule has 62 valence electrons. The molecule has 0 aliphatic heterocycles. The van der Waals surface area contributed by atoms with E-state index in [1.807, 2.05) is 13.8 Å². The zero-order valence-electron chi connectivity index (χ0n) is 6.92. The lowest BCUT2D eigenvalue weighted by Gasteiger charge is -2.22. The molecule has 10 heavy (non-hydrogen) atoms. The van der Waals surface area contributed by atoms with Gasteiger partial charge in [-0.2, -0.15) is 0 Å². The molecule has 0 aliphatic rings. The highest BCUT2D eigenvalue weighted by Crippen LogP contribution is 2.12. The van der Waals surface area contributed by atoms with Gasteiger partial charge in [0.1, 0.15) is 0 Å². The number of rotatable bonds is 4. The molecule has 0 saturated carbocycles. The summed E-state index contributed by atoms with van der Waals surface area (Å²) in [7, 11) is 0.